The zero-order valence-corrected chi connectivity index (χ0v) is 20.4. The van der Waals surface area contributed by atoms with E-state index < -0.39 is 12.0 Å². The molecule has 8 heteroatoms. The molecule has 174 valence electrons. The Kier molecular flexibility index (Phi) is 7.71. The van der Waals surface area contributed by atoms with Gasteiger partial charge in [-0.15, -0.1) is 0 Å². The number of allylic oxidation sites excluding steroid dienone is 1. The number of anilines is 2. The molecule has 0 aromatic heterocycles. The number of thiocarbonyl (C=S) groups is 1. The molecule has 2 aromatic rings. The Morgan fingerprint density at radius 3 is 2.09 bits per heavy atom. The van der Waals surface area contributed by atoms with E-state index in [4.69, 9.17) is 17.0 Å². The van der Waals surface area contributed by atoms with Crippen LogP contribution in [-0.4, -0.2) is 35.7 Å². The molecule has 0 radical (unpaired) electrons. The minimum absolute atomic E-state index is 0.332. The lowest BCUT2D eigenvalue weighted by molar-refractivity contribution is -0.136. The molecule has 0 bridgehead atoms. The number of ether oxygens (including phenoxy) is 1. The van der Waals surface area contributed by atoms with Gasteiger partial charge in [-0.25, -0.2) is 9.59 Å². The van der Waals surface area contributed by atoms with Gasteiger partial charge < -0.3 is 25.6 Å². The largest absolute Gasteiger partial charge is 0.466 e. The van der Waals surface area contributed by atoms with Gasteiger partial charge in [0.05, 0.1) is 18.7 Å². The monoisotopic (exact) mass is 466 g/mol. The van der Waals surface area contributed by atoms with Crippen LogP contribution in [0.2, 0.25) is 0 Å². The van der Waals surface area contributed by atoms with Crippen LogP contribution in [0.3, 0.4) is 0 Å². The molecule has 1 heterocycles. The Bertz CT molecular complexity index is 1060. The van der Waals surface area contributed by atoms with Gasteiger partial charge in [0.2, 0.25) is 0 Å². The molecule has 33 heavy (non-hydrogen) atoms. The van der Waals surface area contributed by atoms with Crippen molar-refractivity contribution >= 4 is 40.7 Å². The predicted molar refractivity (Wildman–Crippen MR) is 135 cm³/mol. The molecule has 0 saturated heterocycles. The molecule has 3 N–H and O–H groups in total. The number of urea groups is 1. The van der Waals surface area contributed by atoms with Gasteiger partial charge in [-0.2, -0.15) is 0 Å². The van der Waals surface area contributed by atoms with Crippen LogP contribution in [0, 0.1) is 0 Å². The average Bonchev–Trinajstić information content (AvgIpc) is 2.79. The summed E-state index contributed by atoms with van der Waals surface area (Å²) in [6.07, 6.45) is 0. The number of hydrogen-bond acceptors (Lipinski definition) is 4. The fourth-order valence-electron chi connectivity index (χ4n) is 3.79. The second-order valence-electron chi connectivity index (χ2n) is 8.10. The highest BCUT2D eigenvalue weighted by atomic mass is 32.1. The van der Waals surface area contributed by atoms with Crippen LogP contribution in [0.15, 0.2) is 59.8 Å². The molecule has 2 amide bonds. The number of carbonyl (C=O) groups excluding carboxylic acids is 2. The van der Waals surface area contributed by atoms with E-state index in [1.807, 2.05) is 55.1 Å². The number of rotatable bonds is 6. The van der Waals surface area contributed by atoms with Gasteiger partial charge in [0.25, 0.3) is 0 Å². The molecule has 1 unspecified atom stereocenters. The molecule has 3 rings (SSSR count). The van der Waals surface area contributed by atoms with E-state index in [1.54, 1.807) is 12.1 Å². The molecule has 1 aliphatic rings. The van der Waals surface area contributed by atoms with Gasteiger partial charge in [0.1, 0.15) is 0 Å². The molecular weight excluding hydrogens is 436 g/mol. The van der Waals surface area contributed by atoms with Crippen LogP contribution in [-0.2, 0) is 9.53 Å². The van der Waals surface area contributed by atoms with Crippen LogP contribution in [0.1, 0.15) is 50.8 Å². The van der Waals surface area contributed by atoms with E-state index >= 15 is 0 Å². The van der Waals surface area contributed by atoms with Crippen LogP contribution in [0.25, 0.3) is 0 Å². The third-order valence-corrected chi connectivity index (χ3v) is 5.99. The maximum Gasteiger partial charge on any atom is 0.337 e. The lowest BCUT2D eigenvalue weighted by Gasteiger charge is -2.36. The first-order valence-corrected chi connectivity index (χ1v) is 11.3. The topological polar surface area (TPSA) is 82.7 Å². The summed E-state index contributed by atoms with van der Waals surface area (Å²) < 4.78 is 5.02. The summed E-state index contributed by atoms with van der Waals surface area (Å²) in [6.45, 7) is 8.73. The second-order valence-corrected chi connectivity index (χ2v) is 8.48. The third kappa shape index (κ3) is 5.51. The van der Waals surface area contributed by atoms with Crippen molar-refractivity contribution in [3.8, 4) is 0 Å². The van der Waals surface area contributed by atoms with Gasteiger partial charge in [-0.3, -0.25) is 0 Å². The number of methoxy groups -OCH3 is 1. The minimum atomic E-state index is -0.435. The Hall–Kier alpha value is -3.39. The van der Waals surface area contributed by atoms with Gasteiger partial charge >= 0.3 is 12.0 Å². The Labute approximate surface area is 200 Å². The van der Waals surface area contributed by atoms with Crippen molar-refractivity contribution in [2.24, 2.45) is 0 Å². The molecule has 1 aliphatic heterocycles. The van der Waals surface area contributed by atoms with E-state index in [0.29, 0.717) is 28.8 Å². The Morgan fingerprint density at radius 2 is 1.61 bits per heavy atom. The number of amides is 2. The van der Waals surface area contributed by atoms with E-state index in [2.05, 4.69) is 29.8 Å². The van der Waals surface area contributed by atoms with E-state index in [1.165, 1.54) is 12.7 Å². The Balaban J connectivity index is 1.73. The summed E-state index contributed by atoms with van der Waals surface area (Å²) in [7, 11) is 1.37. The van der Waals surface area contributed by atoms with Gasteiger partial charge in [0.15, 0.2) is 5.11 Å². The molecule has 1 atom stereocenters. The number of hydrogen-bond donors (Lipinski definition) is 3. The highest BCUT2D eigenvalue weighted by molar-refractivity contribution is 7.80. The zero-order chi connectivity index (χ0) is 24.1. The van der Waals surface area contributed by atoms with Crippen molar-refractivity contribution in [2.75, 3.05) is 24.3 Å². The van der Waals surface area contributed by atoms with Crippen molar-refractivity contribution in [2.45, 2.75) is 39.7 Å². The molecule has 2 aromatic carbocycles. The first-order valence-electron chi connectivity index (χ1n) is 10.9. The minimum Gasteiger partial charge on any atom is -0.466 e. The van der Waals surface area contributed by atoms with Crippen LogP contribution < -0.4 is 16.0 Å². The van der Waals surface area contributed by atoms with E-state index in [-0.39, 0.29) is 6.03 Å². The molecule has 0 spiro atoms. The smallest absolute Gasteiger partial charge is 0.337 e. The van der Waals surface area contributed by atoms with Gasteiger partial charge in [-0.1, -0.05) is 38.1 Å². The molecule has 0 fully saturated rings. The SMILES string of the molecule is CCN1C(=S)NC(c2ccc(NC(=O)Nc3ccc(C(C)C)cc3)cc2)C(C(=O)OC)=C1C. The Morgan fingerprint density at radius 1 is 1.06 bits per heavy atom. The highest BCUT2D eigenvalue weighted by Gasteiger charge is 2.33. The number of nitrogens with zero attached hydrogens (tertiary/aromatic N) is 1. The van der Waals surface area contributed by atoms with Crippen LogP contribution >= 0.6 is 12.2 Å². The second kappa shape index (κ2) is 10.5. The van der Waals surface area contributed by atoms with Crippen molar-refractivity contribution in [1.29, 1.82) is 0 Å². The number of esters is 1. The van der Waals surface area contributed by atoms with Crippen LogP contribution in [0.4, 0.5) is 16.2 Å². The summed E-state index contributed by atoms with van der Waals surface area (Å²) >= 11 is 5.49. The fraction of sp³-hybridized carbons (Fsp3) is 0.320. The van der Waals surface area contributed by atoms with E-state index in [0.717, 1.165) is 16.9 Å². The first kappa shape index (κ1) is 24.3. The molecule has 0 aliphatic carbocycles. The summed E-state index contributed by atoms with van der Waals surface area (Å²) in [4.78, 5) is 26.8. The fourth-order valence-corrected chi connectivity index (χ4v) is 4.17. The summed E-state index contributed by atoms with van der Waals surface area (Å²) in [5.74, 6) is 0.0267. The quantitative estimate of drug-likeness (QED) is 0.403. The van der Waals surface area contributed by atoms with Gasteiger partial charge in [-0.05, 0) is 67.4 Å². The van der Waals surface area contributed by atoms with Crippen LogP contribution in [0.5, 0.6) is 0 Å². The highest BCUT2D eigenvalue weighted by Crippen LogP contribution is 2.31. The zero-order valence-electron chi connectivity index (χ0n) is 19.6. The lowest BCUT2D eigenvalue weighted by Crippen LogP contribution is -2.47. The van der Waals surface area contributed by atoms with E-state index in [9.17, 15) is 9.59 Å². The molecule has 7 nitrogen and oxygen atoms in total. The number of nitrogens with one attached hydrogen (secondary N) is 3. The predicted octanol–water partition coefficient (Wildman–Crippen LogP) is 5.15. The lowest BCUT2D eigenvalue weighted by atomic mass is 9.95. The maximum atomic E-state index is 12.5. The normalized spacial score (nSPS) is 15.9. The third-order valence-electron chi connectivity index (χ3n) is 5.65. The van der Waals surface area contributed by atoms with Crippen molar-refractivity contribution in [3.63, 3.8) is 0 Å². The maximum absolute atomic E-state index is 12.5. The first-order chi connectivity index (χ1) is 15.7. The van der Waals surface area contributed by atoms with Gasteiger partial charge in [0, 0.05) is 23.6 Å². The van der Waals surface area contributed by atoms with Crippen molar-refractivity contribution in [1.82, 2.24) is 10.2 Å². The summed E-state index contributed by atoms with van der Waals surface area (Å²) in [5.41, 5.74) is 4.67. The average molecular weight is 467 g/mol. The standard InChI is InChI=1S/C25H30N4O3S/c1-6-29-16(4)21(23(30)32-5)22(28-25(29)33)18-9-13-20(14-10-18)27-24(31)26-19-11-7-17(8-12-19)15(2)3/h7-15,22H,6H2,1-5H3,(H,28,33)(H2,26,27,31). The number of benzene rings is 2. The van der Waals surface area contributed by atoms with Crippen molar-refractivity contribution in [3.05, 3.63) is 70.9 Å². The summed E-state index contributed by atoms with van der Waals surface area (Å²) in [5, 5.41) is 9.45. The van der Waals surface area contributed by atoms with Crippen molar-refractivity contribution < 1.29 is 14.3 Å². The molecule has 0 saturated carbocycles. The number of carbonyl (C=O) groups is 2. The summed E-state index contributed by atoms with van der Waals surface area (Å²) in [6, 6.07) is 14.3. The molecular formula is C25H30N4O3S.